The SMILES string of the molecule is O=C1NC(=Nc2cccc(Cl)c2)S/C1=C/c1ccc([N+](=O)[O-])cc1. The number of rotatable bonds is 3. The third-order valence-corrected chi connectivity index (χ3v) is 4.24. The number of nitro groups is 1. The number of halogens is 1. The number of aliphatic imine (C=N–C) groups is 1. The highest BCUT2D eigenvalue weighted by Crippen LogP contribution is 2.29. The van der Waals surface area contributed by atoms with Crippen LogP contribution < -0.4 is 5.32 Å². The fraction of sp³-hybridized carbons (Fsp3) is 0. The van der Waals surface area contributed by atoms with Crippen LogP contribution in [0.15, 0.2) is 58.4 Å². The average Bonchev–Trinajstić information content (AvgIpc) is 2.87. The molecule has 2 aromatic carbocycles. The van der Waals surface area contributed by atoms with Crippen molar-refractivity contribution in [3.05, 3.63) is 74.1 Å². The molecule has 0 aromatic heterocycles. The summed E-state index contributed by atoms with van der Waals surface area (Å²) in [5.41, 5.74) is 1.34. The Balaban J connectivity index is 1.80. The van der Waals surface area contributed by atoms with Crippen molar-refractivity contribution in [2.75, 3.05) is 0 Å². The average molecular weight is 360 g/mol. The number of nitro benzene ring substituents is 1. The van der Waals surface area contributed by atoms with Crippen molar-refractivity contribution in [2.45, 2.75) is 0 Å². The molecule has 0 radical (unpaired) electrons. The number of thioether (sulfide) groups is 1. The van der Waals surface area contributed by atoms with Gasteiger partial charge >= 0.3 is 0 Å². The Bertz CT molecular complexity index is 878. The molecular weight excluding hydrogens is 350 g/mol. The van der Waals surface area contributed by atoms with Gasteiger partial charge in [-0.2, -0.15) is 0 Å². The number of benzene rings is 2. The predicted molar refractivity (Wildman–Crippen MR) is 95.4 cm³/mol. The first kappa shape index (κ1) is 16.2. The lowest BCUT2D eigenvalue weighted by Crippen LogP contribution is -2.19. The molecule has 8 heteroatoms. The normalized spacial score (nSPS) is 17.3. The van der Waals surface area contributed by atoms with Crippen LogP contribution in [0, 0.1) is 10.1 Å². The molecule has 3 rings (SSSR count). The van der Waals surface area contributed by atoms with Crippen molar-refractivity contribution in [3.63, 3.8) is 0 Å². The van der Waals surface area contributed by atoms with Crippen LogP contribution in [0.1, 0.15) is 5.56 Å². The van der Waals surface area contributed by atoms with Gasteiger partial charge in [0.05, 0.1) is 15.5 Å². The third kappa shape index (κ3) is 3.81. The van der Waals surface area contributed by atoms with Gasteiger partial charge in [-0.25, -0.2) is 4.99 Å². The number of nitrogens with zero attached hydrogens (tertiary/aromatic N) is 2. The van der Waals surface area contributed by atoms with Gasteiger partial charge in [0.1, 0.15) is 0 Å². The van der Waals surface area contributed by atoms with Crippen LogP contribution in [-0.4, -0.2) is 16.0 Å². The Morgan fingerprint density at radius 1 is 1.21 bits per heavy atom. The fourth-order valence-electron chi connectivity index (χ4n) is 1.99. The second kappa shape index (κ2) is 6.86. The maximum atomic E-state index is 12.0. The summed E-state index contributed by atoms with van der Waals surface area (Å²) in [6.45, 7) is 0. The number of carbonyl (C=O) groups excluding carboxylic acids is 1. The molecule has 24 heavy (non-hydrogen) atoms. The molecule has 1 saturated heterocycles. The van der Waals surface area contributed by atoms with E-state index in [1.807, 2.05) is 0 Å². The second-order valence-corrected chi connectivity index (χ2v) is 6.28. The summed E-state index contributed by atoms with van der Waals surface area (Å²) in [7, 11) is 0. The molecule has 1 N–H and O–H groups in total. The second-order valence-electron chi connectivity index (χ2n) is 4.81. The minimum absolute atomic E-state index is 0.00360. The molecule has 0 saturated carbocycles. The number of nitrogens with one attached hydrogen (secondary N) is 1. The zero-order valence-corrected chi connectivity index (χ0v) is 13.7. The van der Waals surface area contributed by atoms with Gasteiger partial charge in [0.2, 0.25) is 0 Å². The predicted octanol–water partition coefficient (Wildman–Crippen LogP) is 4.14. The summed E-state index contributed by atoms with van der Waals surface area (Å²) in [5.74, 6) is -0.265. The van der Waals surface area contributed by atoms with Crippen molar-refractivity contribution in [2.24, 2.45) is 4.99 Å². The molecule has 0 bridgehead atoms. The molecular formula is C16H10ClN3O3S. The lowest BCUT2D eigenvalue weighted by atomic mass is 10.2. The molecule has 2 aromatic rings. The summed E-state index contributed by atoms with van der Waals surface area (Å²) >= 11 is 7.11. The zero-order chi connectivity index (χ0) is 17.1. The van der Waals surface area contributed by atoms with Gasteiger partial charge in [0.15, 0.2) is 5.17 Å². The maximum Gasteiger partial charge on any atom is 0.269 e. The quantitative estimate of drug-likeness (QED) is 0.507. The highest BCUT2D eigenvalue weighted by Gasteiger charge is 2.23. The van der Waals surface area contributed by atoms with E-state index in [1.54, 1.807) is 42.5 Å². The van der Waals surface area contributed by atoms with Gasteiger partial charge in [-0.3, -0.25) is 14.9 Å². The van der Waals surface area contributed by atoms with E-state index in [2.05, 4.69) is 10.3 Å². The van der Waals surface area contributed by atoms with Gasteiger partial charge in [0, 0.05) is 17.2 Å². The summed E-state index contributed by atoms with van der Waals surface area (Å²) < 4.78 is 0. The first-order valence-electron chi connectivity index (χ1n) is 6.81. The van der Waals surface area contributed by atoms with E-state index in [4.69, 9.17) is 11.6 Å². The Kier molecular flexibility index (Phi) is 4.64. The molecule has 0 unspecified atom stereocenters. The fourth-order valence-corrected chi connectivity index (χ4v) is 3.01. The number of carbonyl (C=O) groups is 1. The van der Waals surface area contributed by atoms with Gasteiger partial charge in [-0.1, -0.05) is 17.7 Å². The van der Waals surface area contributed by atoms with Crippen LogP contribution in [0.25, 0.3) is 6.08 Å². The van der Waals surface area contributed by atoms with Crippen molar-refractivity contribution in [1.29, 1.82) is 0 Å². The Morgan fingerprint density at radius 2 is 1.96 bits per heavy atom. The van der Waals surface area contributed by atoms with Gasteiger partial charge in [0.25, 0.3) is 11.6 Å². The van der Waals surface area contributed by atoms with E-state index in [1.165, 1.54) is 23.9 Å². The molecule has 0 atom stereocenters. The number of hydrogen-bond acceptors (Lipinski definition) is 5. The van der Waals surface area contributed by atoms with Gasteiger partial charge in [-0.05, 0) is 53.7 Å². The Hall–Kier alpha value is -2.64. The minimum atomic E-state index is -0.469. The van der Waals surface area contributed by atoms with E-state index >= 15 is 0 Å². The molecule has 0 aliphatic carbocycles. The van der Waals surface area contributed by atoms with Crippen LogP contribution in [0.2, 0.25) is 5.02 Å². The highest BCUT2D eigenvalue weighted by molar-refractivity contribution is 8.18. The van der Waals surface area contributed by atoms with Crippen LogP contribution in [-0.2, 0) is 4.79 Å². The van der Waals surface area contributed by atoms with E-state index in [0.717, 1.165) is 0 Å². The van der Waals surface area contributed by atoms with Crippen molar-refractivity contribution in [1.82, 2.24) is 5.32 Å². The monoisotopic (exact) mass is 359 g/mol. The maximum absolute atomic E-state index is 12.0. The molecule has 1 aliphatic heterocycles. The highest BCUT2D eigenvalue weighted by atomic mass is 35.5. The molecule has 0 spiro atoms. The van der Waals surface area contributed by atoms with Crippen molar-refractivity contribution < 1.29 is 9.72 Å². The number of amidine groups is 1. The van der Waals surface area contributed by atoms with Crippen LogP contribution >= 0.6 is 23.4 Å². The molecule has 1 aliphatic rings. The number of hydrogen-bond donors (Lipinski definition) is 1. The van der Waals surface area contributed by atoms with Crippen LogP contribution in [0.4, 0.5) is 11.4 Å². The number of non-ortho nitro benzene ring substituents is 1. The minimum Gasteiger partial charge on any atom is -0.300 e. The summed E-state index contributed by atoms with van der Waals surface area (Å²) in [5, 5.41) is 14.3. The standard InChI is InChI=1S/C16H10ClN3O3S/c17-11-2-1-3-12(9-11)18-16-19-15(21)14(24-16)8-10-4-6-13(7-5-10)20(22)23/h1-9H,(H,18,19,21)/b14-8+. The first-order valence-corrected chi connectivity index (χ1v) is 8.00. The molecule has 1 fully saturated rings. The summed E-state index contributed by atoms with van der Waals surface area (Å²) in [6.07, 6.45) is 1.66. The number of amides is 1. The molecule has 6 nitrogen and oxygen atoms in total. The summed E-state index contributed by atoms with van der Waals surface area (Å²) in [4.78, 5) is 27.0. The molecule has 120 valence electrons. The van der Waals surface area contributed by atoms with Gasteiger partial charge in [-0.15, -0.1) is 0 Å². The summed E-state index contributed by atoms with van der Waals surface area (Å²) in [6, 6.07) is 13.0. The largest absolute Gasteiger partial charge is 0.300 e. The van der Waals surface area contributed by atoms with E-state index < -0.39 is 4.92 Å². The van der Waals surface area contributed by atoms with Gasteiger partial charge < -0.3 is 5.32 Å². The topological polar surface area (TPSA) is 84.6 Å². The van der Waals surface area contributed by atoms with Crippen molar-refractivity contribution in [3.8, 4) is 0 Å². The van der Waals surface area contributed by atoms with E-state index in [-0.39, 0.29) is 11.6 Å². The first-order chi connectivity index (χ1) is 11.5. The Morgan fingerprint density at radius 3 is 2.62 bits per heavy atom. The lowest BCUT2D eigenvalue weighted by molar-refractivity contribution is -0.384. The van der Waals surface area contributed by atoms with Crippen LogP contribution in [0.5, 0.6) is 0 Å². The van der Waals surface area contributed by atoms with Crippen LogP contribution in [0.3, 0.4) is 0 Å². The smallest absolute Gasteiger partial charge is 0.269 e. The van der Waals surface area contributed by atoms with E-state index in [0.29, 0.717) is 26.3 Å². The van der Waals surface area contributed by atoms with E-state index in [9.17, 15) is 14.9 Å². The lowest BCUT2D eigenvalue weighted by Gasteiger charge is -1.96. The van der Waals surface area contributed by atoms with Crippen molar-refractivity contribution >= 4 is 51.9 Å². The zero-order valence-electron chi connectivity index (χ0n) is 12.1. The third-order valence-electron chi connectivity index (χ3n) is 3.09. The molecule has 1 heterocycles. The molecule has 1 amide bonds. The Labute approximate surface area is 146 Å².